The van der Waals surface area contributed by atoms with Gasteiger partial charge in [-0.3, -0.25) is 0 Å². The third kappa shape index (κ3) is 3.98. The molecule has 1 aliphatic rings. The second-order valence-corrected chi connectivity index (χ2v) is 5.19. The first-order chi connectivity index (χ1) is 8.25. The molecule has 0 aromatic heterocycles. The van der Waals surface area contributed by atoms with Crippen molar-refractivity contribution in [3.8, 4) is 0 Å². The highest BCUT2D eigenvalue weighted by molar-refractivity contribution is 6.30. The van der Waals surface area contributed by atoms with Crippen LogP contribution in [0.25, 0.3) is 0 Å². The molecular weight excluding hydrogens is 234 g/mol. The zero-order valence-electron chi connectivity index (χ0n) is 10.1. The van der Waals surface area contributed by atoms with Gasteiger partial charge in [0.1, 0.15) is 0 Å². The highest BCUT2D eigenvalue weighted by Gasteiger charge is 2.13. The minimum Gasteiger partial charge on any atom is -0.388 e. The minimum absolute atomic E-state index is 0.366. The zero-order valence-corrected chi connectivity index (χ0v) is 10.9. The van der Waals surface area contributed by atoms with E-state index in [4.69, 9.17) is 11.6 Å². The predicted octanol–water partition coefficient (Wildman–Crippen LogP) is 3.25. The molecule has 1 N–H and O–H groups in total. The van der Waals surface area contributed by atoms with Crippen LogP contribution in [0.2, 0.25) is 5.02 Å². The molecule has 3 heteroatoms. The van der Waals surface area contributed by atoms with Gasteiger partial charge in [0.15, 0.2) is 0 Å². The zero-order chi connectivity index (χ0) is 12.1. The average Bonchev–Trinajstić information content (AvgIpc) is 2.38. The molecule has 0 aliphatic carbocycles. The van der Waals surface area contributed by atoms with E-state index in [-0.39, 0.29) is 6.10 Å². The average molecular weight is 254 g/mol. The molecule has 94 valence electrons. The van der Waals surface area contributed by atoms with Crippen molar-refractivity contribution < 1.29 is 5.11 Å². The van der Waals surface area contributed by atoms with Gasteiger partial charge in [-0.05, 0) is 50.0 Å². The van der Waals surface area contributed by atoms with Crippen molar-refractivity contribution in [3.05, 3.63) is 34.9 Å². The molecule has 1 aromatic carbocycles. The van der Waals surface area contributed by atoms with E-state index in [9.17, 15) is 5.11 Å². The molecule has 0 spiro atoms. The molecule has 1 saturated heterocycles. The fourth-order valence-electron chi connectivity index (χ4n) is 2.34. The maximum atomic E-state index is 10.1. The number of likely N-dealkylation sites (tertiary alicyclic amines) is 1. The van der Waals surface area contributed by atoms with Crippen LogP contribution < -0.4 is 0 Å². The summed E-state index contributed by atoms with van der Waals surface area (Å²) in [5.74, 6) is 0. The van der Waals surface area contributed by atoms with Crippen molar-refractivity contribution in [2.45, 2.75) is 31.8 Å². The Labute approximate surface area is 108 Å². The molecule has 1 unspecified atom stereocenters. The maximum Gasteiger partial charge on any atom is 0.0802 e. The van der Waals surface area contributed by atoms with E-state index in [1.807, 2.05) is 24.3 Å². The number of nitrogens with zero attached hydrogens (tertiary/aromatic N) is 1. The Kier molecular flexibility index (Phi) is 4.84. The number of benzene rings is 1. The van der Waals surface area contributed by atoms with E-state index in [0.717, 1.165) is 23.6 Å². The standard InChI is InChI=1S/C14H20ClNO/c15-13-6-4-12(5-7-13)14(17)8-11-16-9-2-1-3-10-16/h4-7,14,17H,1-3,8-11H2. The van der Waals surface area contributed by atoms with Crippen LogP contribution in [0.5, 0.6) is 0 Å². The van der Waals surface area contributed by atoms with Gasteiger partial charge in [0.2, 0.25) is 0 Å². The van der Waals surface area contributed by atoms with E-state index >= 15 is 0 Å². The molecule has 1 atom stereocenters. The highest BCUT2D eigenvalue weighted by Crippen LogP contribution is 2.20. The first kappa shape index (κ1) is 12.9. The molecule has 1 aromatic rings. The smallest absolute Gasteiger partial charge is 0.0802 e. The number of aliphatic hydroxyl groups is 1. The molecule has 2 rings (SSSR count). The Hall–Kier alpha value is -0.570. The first-order valence-electron chi connectivity index (χ1n) is 6.41. The van der Waals surface area contributed by atoms with Crippen molar-refractivity contribution in [2.75, 3.05) is 19.6 Å². The van der Waals surface area contributed by atoms with E-state index in [2.05, 4.69) is 4.90 Å². The summed E-state index contributed by atoms with van der Waals surface area (Å²) in [5.41, 5.74) is 0.964. The fraction of sp³-hybridized carbons (Fsp3) is 0.571. The van der Waals surface area contributed by atoms with Crippen molar-refractivity contribution in [1.82, 2.24) is 4.90 Å². The second kappa shape index (κ2) is 6.39. The molecule has 17 heavy (non-hydrogen) atoms. The molecule has 0 radical (unpaired) electrons. The summed E-state index contributed by atoms with van der Waals surface area (Å²) in [6.45, 7) is 3.37. The van der Waals surface area contributed by atoms with Crippen LogP contribution in [0, 0.1) is 0 Å². The van der Waals surface area contributed by atoms with Gasteiger partial charge in [-0.25, -0.2) is 0 Å². The maximum absolute atomic E-state index is 10.1. The molecule has 1 fully saturated rings. The van der Waals surface area contributed by atoms with Crippen molar-refractivity contribution >= 4 is 11.6 Å². The van der Waals surface area contributed by atoms with Gasteiger partial charge in [-0.15, -0.1) is 0 Å². The lowest BCUT2D eigenvalue weighted by molar-refractivity contribution is 0.134. The summed E-state index contributed by atoms with van der Waals surface area (Å²) >= 11 is 5.83. The Morgan fingerprint density at radius 1 is 1.12 bits per heavy atom. The van der Waals surface area contributed by atoms with Crippen molar-refractivity contribution in [1.29, 1.82) is 0 Å². The van der Waals surface area contributed by atoms with Crippen LogP contribution in [0.1, 0.15) is 37.4 Å². The Morgan fingerprint density at radius 2 is 1.76 bits per heavy atom. The van der Waals surface area contributed by atoms with Crippen molar-refractivity contribution in [3.63, 3.8) is 0 Å². The molecule has 0 amide bonds. The van der Waals surface area contributed by atoms with Crippen LogP contribution in [-0.2, 0) is 0 Å². The van der Waals surface area contributed by atoms with Gasteiger partial charge in [0.25, 0.3) is 0 Å². The summed E-state index contributed by atoms with van der Waals surface area (Å²) in [5, 5.41) is 10.8. The van der Waals surface area contributed by atoms with E-state index < -0.39 is 0 Å². The number of halogens is 1. The third-order valence-electron chi connectivity index (χ3n) is 3.42. The lowest BCUT2D eigenvalue weighted by Gasteiger charge is -2.27. The monoisotopic (exact) mass is 253 g/mol. The normalized spacial score (nSPS) is 19.2. The molecule has 1 aliphatic heterocycles. The lowest BCUT2D eigenvalue weighted by Crippen LogP contribution is -2.31. The van der Waals surface area contributed by atoms with Crippen LogP contribution >= 0.6 is 11.6 Å². The second-order valence-electron chi connectivity index (χ2n) is 4.76. The predicted molar refractivity (Wildman–Crippen MR) is 71.3 cm³/mol. The highest BCUT2D eigenvalue weighted by atomic mass is 35.5. The largest absolute Gasteiger partial charge is 0.388 e. The molecule has 0 saturated carbocycles. The van der Waals surface area contributed by atoms with Crippen LogP contribution in [0.4, 0.5) is 0 Å². The third-order valence-corrected chi connectivity index (χ3v) is 3.67. The van der Waals surface area contributed by atoms with Crippen LogP contribution in [0.15, 0.2) is 24.3 Å². The number of rotatable bonds is 4. The molecule has 2 nitrogen and oxygen atoms in total. The van der Waals surface area contributed by atoms with Gasteiger partial charge < -0.3 is 10.0 Å². The minimum atomic E-state index is -0.366. The summed E-state index contributed by atoms with van der Waals surface area (Å²) < 4.78 is 0. The van der Waals surface area contributed by atoms with Gasteiger partial charge in [-0.1, -0.05) is 30.2 Å². The van der Waals surface area contributed by atoms with Crippen molar-refractivity contribution in [2.24, 2.45) is 0 Å². The van der Waals surface area contributed by atoms with E-state index in [1.165, 1.54) is 32.4 Å². The van der Waals surface area contributed by atoms with Crippen LogP contribution in [0.3, 0.4) is 0 Å². The number of piperidine rings is 1. The Balaban J connectivity index is 1.80. The summed E-state index contributed by atoms with van der Waals surface area (Å²) in [6, 6.07) is 7.48. The molecule has 1 heterocycles. The quantitative estimate of drug-likeness (QED) is 0.891. The van der Waals surface area contributed by atoms with E-state index in [0.29, 0.717) is 0 Å². The molecular formula is C14H20ClNO. The van der Waals surface area contributed by atoms with E-state index in [1.54, 1.807) is 0 Å². The number of hydrogen-bond acceptors (Lipinski definition) is 2. The summed E-state index contributed by atoms with van der Waals surface area (Å²) in [7, 11) is 0. The lowest BCUT2D eigenvalue weighted by atomic mass is 10.1. The Morgan fingerprint density at radius 3 is 2.41 bits per heavy atom. The fourth-order valence-corrected chi connectivity index (χ4v) is 2.47. The molecule has 0 bridgehead atoms. The van der Waals surface area contributed by atoms with Gasteiger partial charge >= 0.3 is 0 Å². The summed E-state index contributed by atoms with van der Waals surface area (Å²) in [6.07, 6.45) is 4.40. The topological polar surface area (TPSA) is 23.5 Å². The van der Waals surface area contributed by atoms with Gasteiger partial charge in [0.05, 0.1) is 6.10 Å². The summed E-state index contributed by atoms with van der Waals surface area (Å²) in [4.78, 5) is 2.45. The van der Waals surface area contributed by atoms with Crippen LogP contribution in [-0.4, -0.2) is 29.6 Å². The number of aliphatic hydroxyl groups excluding tert-OH is 1. The Bertz CT molecular complexity index is 333. The first-order valence-corrected chi connectivity index (χ1v) is 6.79. The SMILES string of the molecule is OC(CCN1CCCCC1)c1ccc(Cl)cc1. The number of hydrogen-bond donors (Lipinski definition) is 1. The van der Waals surface area contributed by atoms with Gasteiger partial charge in [-0.2, -0.15) is 0 Å². The van der Waals surface area contributed by atoms with Gasteiger partial charge in [0, 0.05) is 11.6 Å².